The van der Waals surface area contributed by atoms with Gasteiger partial charge in [-0.25, -0.2) is 0 Å². The van der Waals surface area contributed by atoms with E-state index in [1.807, 2.05) is 23.0 Å². The molecule has 2 rings (SSSR count). The first-order chi connectivity index (χ1) is 10.1. The number of halogens is 1. The monoisotopic (exact) mass is 351 g/mol. The molecule has 2 aromatic rings. The summed E-state index contributed by atoms with van der Waals surface area (Å²) in [6.07, 6.45) is 2.01. The molecule has 0 bridgehead atoms. The molecular formula is C16H22BrN3O. The van der Waals surface area contributed by atoms with Crippen molar-refractivity contribution in [3.63, 3.8) is 0 Å². The average molecular weight is 352 g/mol. The molecular weight excluding hydrogens is 330 g/mol. The van der Waals surface area contributed by atoms with Gasteiger partial charge in [-0.05, 0) is 36.7 Å². The van der Waals surface area contributed by atoms with E-state index >= 15 is 0 Å². The van der Waals surface area contributed by atoms with Gasteiger partial charge in [0.1, 0.15) is 5.75 Å². The highest BCUT2D eigenvalue weighted by Crippen LogP contribution is 2.23. The van der Waals surface area contributed by atoms with E-state index in [2.05, 4.69) is 52.3 Å². The van der Waals surface area contributed by atoms with Gasteiger partial charge in [0.2, 0.25) is 0 Å². The van der Waals surface area contributed by atoms with Crippen molar-refractivity contribution in [3.05, 3.63) is 46.2 Å². The summed E-state index contributed by atoms with van der Waals surface area (Å²) >= 11 is 3.50. The molecule has 1 aromatic heterocycles. The van der Waals surface area contributed by atoms with Gasteiger partial charge in [0.05, 0.1) is 19.3 Å². The Labute approximate surface area is 134 Å². The largest absolute Gasteiger partial charge is 0.496 e. The Morgan fingerprint density at radius 1 is 1.33 bits per heavy atom. The molecule has 0 saturated carbocycles. The fraction of sp³-hybridized carbons (Fsp3) is 0.438. The van der Waals surface area contributed by atoms with E-state index in [0.717, 1.165) is 34.6 Å². The van der Waals surface area contributed by atoms with E-state index in [9.17, 15) is 0 Å². The van der Waals surface area contributed by atoms with Crippen molar-refractivity contribution in [1.82, 2.24) is 15.1 Å². The normalized spacial score (nSPS) is 11.1. The van der Waals surface area contributed by atoms with E-state index in [4.69, 9.17) is 4.74 Å². The fourth-order valence-corrected chi connectivity index (χ4v) is 2.53. The lowest BCUT2D eigenvalue weighted by molar-refractivity contribution is 0.407. The summed E-state index contributed by atoms with van der Waals surface area (Å²) in [6.45, 7) is 6.91. The topological polar surface area (TPSA) is 39.1 Å². The smallest absolute Gasteiger partial charge is 0.124 e. The van der Waals surface area contributed by atoms with Crippen molar-refractivity contribution >= 4 is 15.9 Å². The number of nitrogens with one attached hydrogen (secondary N) is 1. The number of rotatable bonds is 7. The third kappa shape index (κ3) is 4.86. The van der Waals surface area contributed by atoms with E-state index in [1.54, 1.807) is 7.11 Å². The molecule has 0 saturated heterocycles. The Kier molecular flexibility index (Phi) is 5.82. The molecule has 1 heterocycles. The van der Waals surface area contributed by atoms with Crippen LogP contribution in [0.2, 0.25) is 0 Å². The summed E-state index contributed by atoms with van der Waals surface area (Å²) < 4.78 is 8.38. The van der Waals surface area contributed by atoms with Crippen molar-refractivity contribution < 1.29 is 4.74 Å². The van der Waals surface area contributed by atoms with E-state index in [1.165, 1.54) is 0 Å². The van der Waals surface area contributed by atoms with Gasteiger partial charge in [-0.2, -0.15) is 5.10 Å². The highest BCUT2D eigenvalue weighted by molar-refractivity contribution is 9.10. The van der Waals surface area contributed by atoms with Crippen LogP contribution in [0.5, 0.6) is 5.75 Å². The Hall–Kier alpha value is -1.33. The van der Waals surface area contributed by atoms with Crippen LogP contribution < -0.4 is 10.1 Å². The highest BCUT2D eigenvalue weighted by atomic mass is 79.9. The minimum absolute atomic E-state index is 0.651. The van der Waals surface area contributed by atoms with Gasteiger partial charge in [0, 0.05) is 22.8 Å². The Balaban J connectivity index is 2.00. The van der Waals surface area contributed by atoms with Gasteiger partial charge in [0.15, 0.2) is 0 Å². The van der Waals surface area contributed by atoms with Gasteiger partial charge in [-0.15, -0.1) is 0 Å². The maximum absolute atomic E-state index is 5.40. The first kappa shape index (κ1) is 16.0. The maximum atomic E-state index is 5.40. The lowest BCUT2D eigenvalue weighted by Gasteiger charge is -2.09. The van der Waals surface area contributed by atoms with Gasteiger partial charge in [0.25, 0.3) is 0 Å². The number of ether oxygens (including phenoxy) is 1. The molecule has 0 spiro atoms. The van der Waals surface area contributed by atoms with Gasteiger partial charge in [-0.3, -0.25) is 4.68 Å². The standard InChI is InChI=1S/C16H22BrN3O/c1-12(2)9-18-10-15-6-7-20(19-15)11-13-8-14(17)4-5-16(13)21-3/h4-8,12,18H,9-11H2,1-3H3. The second kappa shape index (κ2) is 7.61. The van der Waals surface area contributed by atoms with Gasteiger partial charge >= 0.3 is 0 Å². The summed E-state index contributed by atoms with van der Waals surface area (Å²) in [5.74, 6) is 1.53. The lowest BCUT2D eigenvalue weighted by Crippen LogP contribution is -2.19. The molecule has 0 amide bonds. The van der Waals surface area contributed by atoms with Crippen LogP contribution in [0.25, 0.3) is 0 Å². The molecule has 114 valence electrons. The van der Waals surface area contributed by atoms with Crippen LogP contribution in [0.3, 0.4) is 0 Å². The second-order valence-electron chi connectivity index (χ2n) is 5.49. The highest BCUT2D eigenvalue weighted by Gasteiger charge is 2.06. The average Bonchev–Trinajstić information content (AvgIpc) is 2.86. The molecule has 0 fully saturated rings. The second-order valence-corrected chi connectivity index (χ2v) is 6.40. The van der Waals surface area contributed by atoms with E-state index in [-0.39, 0.29) is 0 Å². The lowest BCUT2D eigenvalue weighted by atomic mass is 10.2. The number of hydrogen-bond acceptors (Lipinski definition) is 3. The predicted molar refractivity (Wildman–Crippen MR) is 88.6 cm³/mol. The Bertz CT molecular complexity index is 581. The molecule has 21 heavy (non-hydrogen) atoms. The van der Waals surface area contributed by atoms with Crippen molar-refractivity contribution in [2.45, 2.75) is 26.9 Å². The Morgan fingerprint density at radius 2 is 2.14 bits per heavy atom. The third-order valence-corrected chi connectivity index (χ3v) is 3.62. The minimum atomic E-state index is 0.651. The molecule has 5 heteroatoms. The molecule has 0 aliphatic rings. The predicted octanol–water partition coefficient (Wildman–Crippen LogP) is 3.45. The first-order valence-electron chi connectivity index (χ1n) is 7.14. The summed E-state index contributed by atoms with van der Waals surface area (Å²) in [5, 5.41) is 7.99. The van der Waals surface area contributed by atoms with Crippen LogP contribution in [-0.4, -0.2) is 23.4 Å². The van der Waals surface area contributed by atoms with Crippen LogP contribution in [0.4, 0.5) is 0 Å². The molecule has 0 aliphatic heterocycles. The molecule has 0 atom stereocenters. The number of nitrogens with zero attached hydrogens (tertiary/aromatic N) is 2. The SMILES string of the molecule is COc1ccc(Br)cc1Cn1ccc(CNCC(C)C)n1. The number of aromatic nitrogens is 2. The summed E-state index contributed by atoms with van der Waals surface area (Å²) in [5.41, 5.74) is 2.17. The van der Waals surface area contributed by atoms with Crippen molar-refractivity contribution in [3.8, 4) is 5.75 Å². The van der Waals surface area contributed by atoms with Crippen LogP contribution >= 0.6 is 15.9 Å². The van der Waals surface area contributed by atoms with Crippen molar-refractivity contribution in [2.75, 3.05) is 13.7 Å². The third-order valence-electron chi connectivity index (χ3n) is 3.13. The van der Waals surface area contributed by atoms with Crippen LogP contribution in [0.1, 0.15) is 25.1 Å². The zero-order valence-corrected chi connectivity index (χ0v) is 14.4. The number of hydrogen-bond donors (Lipinski definition) is 1. The zero-order valence-electron chi connectivity index (χ0n) is 12.8. The first-order valence-corrected chi connectivity index (χ1v) is 7.93. The number of methoxy groups -OCH3 is 1. The van der Waals surface area contributed by atoms with Gasteiger partial charge < -0.3 is 10.1 Å². The molecule has 1 aromatic carbocycles. The van der Waals surface area contributed by atoms with E-state index < -0.39 is 0 Å². The zero-order chi connectivity index (χ0) is 15.2. The summed E-state index contributed by atoms with van der Waals surface area (Å²) in [4.78, 5) is 0. The number of benzene rings is 1. The van der Waals surface area contributed by atoms with Gasteiger partial charge in [-0.1, -0.05) is 29.8 Å². The van der Waals surface area contributed by atoms with Crippen molar-refractivity contribution in [2.24, 2.45) is 5.92 Å². The van der Waals surface area contributed by atoms with Crippen molar-refractivity contribution in [1.29, 1.82) is 0 Å². The summed E-state index contributed by atoms with van der Waals surface area (Å²) in [6, 6.07) is 8.07. The van der Waals surface area contributed by atoms with Crippen LogP contribution in [0, 0.1) is 5.92 Å². The fourth-order valence-electron chi connectivity index (χ4n) is 2.12. The molecule has 0 radical (unpaired) electrons. The minimum Gasteiger partial charge on any atom is -0.496 e. The van der Waals surface area contributed by atoms with Crippen LogP contribution in [-0.2, 0) is 13.1 Å². The molecule has 1 N–H and O–H groups in total. The van der Waals surface area contributed by atoms with Crippen LogP contribution in [0.15, 0.2) is 34.9 Å². The molecule has 0 unspecified atom stereocenters. The van der Waals surface area contributed by atoms with E-state index in [0.29, 0.717) is 12.5 Å². The quantitative estimate of drug-likeness (QED) is 0.830. The molecule has 4 nitrogen and oxygen atoms in total. The summed E-state index contributed by atoms with van der Waals surface area (Å²) in [7, 11) is 1.69. The molecule has 0 aliphatic carbocycles. The Morgan fingerprint density at radius 3 is 2.86 bits per heavy atom. The maximum Gasteiger partial charge on any atom is 0.124 e.